The Morgan fingerprint density at radius 1 is 0.889 bits per heavy atom. The smallest absolute Gasteiger partial charge is 0.00587 e. The third kappa shape index (κ3) is 0.986. The number of allylic oxidation sites excluding steroid dienone is 2. The molecule has 0 aromatic heterocycles. The molecule has 0 radical (unpaired) electrons. The second kappa shape index (κ2) is 3.06. The first-order chi connectivity index (χ1) is 8.92. The molecule has 2 bridgehead atoms. The molecule has 0 heterocycles. The fourth-order valence-corrected chi connectivity index (χ4v) is 4.79. The molecule has 0 aliphatic heterocycles. The summed E-state index contributed by atoms with van der Waals surface area (Å²) in [6.07, 6.45) is 7.70. The van der Waals surface area contributed by atoms with Crippen molar-refractivity contribution in [2.45, 2.75) is 18.8 Å². The fourth-order valence-electron chi connectivity index (χ4n) is 4.79. The van der Waals surface area contributed by atoms with E-state index in [1.165, 1.54) is 23.6 Å². The maximum atomic E-state index is 2.49. The van der Waals surface area contributed by atoms with Crippen LogP contribution in [0.4, 0.5) is 0 Å². The lowest BCUT2D eigenvalue weighted by Crippen LogP contribution is -2.12. The van der Waals surface area contributed by atoms with Crippen molar-refractivity contribution in [1.82, 2.24) is 0 Å². The maximum Gasteiger partial charge on any atom is -0.00587 e. The van der Waals surface area contributed by atoms with Crippen molar-refractivity contribution in [2.75, 3.05) is 0 Å². The zero-order chi connectivity index (χ0) is 11.7. The standard InChI is InChI=1S/C18H16/c1-2-4-14-11(3-1)7-8-15-17(14)10-16-12-5-6-13(9-12)18(15)16/h1-8,12-13,16,18H,9-10H2. The lowest BCUT2D eigenvalue weighted by atomic mass is 9.83. The zero-order valence-electron chi connectivity index (χ0n) is 10.3. The number of fused-ring (bicyclic) bond motifs is 9. The predicted octanol–water partition coefficient (Wildman–Crippen LogP) is 4.30. The Morgan fingerprint density at radius 2 is 1.78 bits per heavy atom. The van der Waals surface area contributed by atoms with Crippen LogP contribution in [0.25, 0.3) is 10.8 Å². The Kier molecular flexibility index (Phi) is 1.59. The Balaban J connectivity index is 1.78. The summed E-state index contributed by atoms with van der Waals surface area (Å²) < 4.78 is 0. The van der Waals surface area contributed by atoms with E-state index >= 15 is 0 Å². The molecule has 0 spiro atoms. The molecule has 3 aliphatic rings. The van der Waals surface area contributed by atoms with E-state index in [0.717, 1.165) is 23.7 Å². The average molecular weight is 232 g/mol. The first kappa shape index (κ1) is 9.38. The molecular formula is C18H16. The van der Waals surface area contributed by atoms with Crippen LogP contribution in [0.2, 0.25) is 0 Å². The average Bonchev–Trinajstić information content (AvgIpc) is 3.09. The molecular weight excluding hydrogens is 216 g/mol. The van der Waals surface area contributed by atoms with Crippen LogP contribution in [0.5, 0.6) is 0 Å². The van der Waals surface area contributed by atoms with Crippen molar-refractivity contribution in [2.24, 2.45) is 17.8 Å². The minimum atomic E-state index is 0.833. The Labute approximate surface area is 107 Å². The summed E-state index contributed by atoms with van der Waals surface area (Å²) in [7, 11) is 0. The molecule has 0 saturated heterocycles. The van der Waals surface area contributed by atoms with E-state index in [9.17, 15) is 0 Å². The summed E-state index contributed by atoms with van der Waals surface area (Å²) in [5.74, 6) is 3.44. The van der Waals surface area contributed by atoms with E-state index in [1.54, 1.807) is 11.1 Å². The fraction of sp³-hybridized carbons (Fsp3) is 0.333. The third-order valence-corrected chi connectivity index (χ3v) is 5.50. The van der Waals surface area contributed by atoms with Gasteiger partial charge in [0.15, 0.2) is 0 Å². The van der Waals surface area contributed by atoms with Crippen LogP contribution in [0, 0.1) is 17.8 Å². The Hall–Kier alpha value is -1.56. The predicted molar refractivity (Wildman–Crippen MR) is 74.6 cm³/mol. The van der Waals surface area contributed by atoms with Crippen LogP contribution >= 0.6 is 0 Å². The lowest BCUT2D eigenvalue weighted by Gasteiger charge is -2.20. The molecule has 88 valence electrons. The van der Waals surface area contributed by atoms with Crippen molar-refractivity contribution in [3.05, 3.63) is 59.7 Å². The van der Waals surface area contributed by atoms with Gasteiger partial charge in [-0.1, -0.05) is 48.6 Å². The molecule has 2 aromatic carbocycles. The molecule has 3 aliphatic carbocycles. The van der Waals surface area contributed by atoms with Gasteiger partial charge in [0.2, 0.25) is 0 Å². The van der Waals surface area contributed by atoms with E-state index in [4.69, 9.17) is 0 Å². The minimum Gasteiger partial charge on any atom is -0.0848 e. The molecule has 5 rings (SSSR count). The van der Waals surface area contributed by atoms with Gasteiger partial charge in [0.25, 0.3) is 0 Å². The highest BCUT2D eigenvalue weighted by molar-refractivity contribution is 5.87. The first-order valence-electron chi connectivity index (χ1n) is 7.11. The molecule has 0 amide bonds. The first-order valence-corrected chi connectivity index (χ1v) is 7.11. The van der Waals surface area contributed by atoms with Crippen molar-refractivity contribution >= 4 is 10.8 Å². The van der Waals surface area contributed by atoms with Gasteiger partial charge in [-0.15, -0.1) is 0 Å². The molecule has 1 fully saturated rings. The highest BCUT2D eigenvalue weighted by Crippen LogP contribution is 2.59. The number of hydrogen-bond donors (Lipinski definition) is 0. The van der Waals surface area contributed by atoms with Crippen LogP contribution in [0.3, 0.4) is 0 Å². The van der Waals surface area contributed by atoms with Crippen molar-refractivity contribution in [1.29, 1.82) is 0 Å². The second-order valence-electron chi connectivity index (χ2n) is 6.20. The van der Waals surface area contributed by atoms with Gasteiger partial charge in [0.1, 0.15) is 0 Å². The quantitative estimate of drug-likeness (QED) is 0.594. The topological polar surface area (TPSA) is 0 Å². The Bertz CT molecular complexity index is 679. The number of hydrogen-bond acceptors (Lipinski definition) is 0. The van der Waals surface area contributed by atoms with Crippen LogP contribution in [-0.4, -0.2) is 0 Å². The third-order valence-electron chi connectivity index (χ3n) is 5.50. The lowest BCUT2D eigenvalue weighted by molar-refractivity contribution is 0.426. The molecule has 2 aromatic rings. The largest absolute Gasteiger partial charge is 0.0848 e. The van der Waals surface area contributed by atoms with Gasteiger partial charge < -0.3 is 0 Å². The van der Waals surface area contributed by atoms with Crippen LogP contribution in [-0.2, 0) is 6.42 Å². The molecule has 0 heteroatoms. The minimum absolute atomic E-state index is 0.833. The zero-order valence-corrected chi connectivity index (χ0v) is 10.3. The van der Waals surface area contributed by atoms with E-state index in [2.05, 4.69) is 48.6 Å². The number of benzene rings is 2. The van der Waals surface area contributed by atoms with Crippen molar-refractivity contribution in [3.63, 3.8) is 0 Å². The van der Waals surface area contributed by atoms with Crippen LogP contribution in [0.1, 0.15) is 23.5 Å². The van der Waals surface area contributed by atoms with Crippen LogP contribution < -0.4 is 0 Å². The molecule has 1 saturated carbocycles. The van der Waals surface area contributed by atoms with Gasteiger partial charge in [0.05, 0.1) is 0 Å². The monoisotopic (exact) mass is 232 g/mol. The van der Waals surface area contributed by atoms with Gasteiger partial charge >= 0.3 is 0 Å². The van der Waals surface area contributed by atoms with Gasteiger partial charge in [0, 0.05) is 0 Å². The Morgan fingerprint density at radius 3 is 2.78 bits per heavy atom. The summed E-state index contributed by atoms with van der Waals surface area (Å²) >= 11 is 0. The van der Waals surface area contributed by atoms with E-state index in [1.807, 2.05) is 0 Å². The maximum absolute atomic E-state index is 2.49. The summed E-state index contributed by atoms with van der Waals surface area (Å²) in [5.41, 5.74) is 3.32. The van der Waals surface area contributed by atoms with E-state index in [0.29, 0.717) is 0 Å². The highest BCUT2D eigenvalue weighted by atomic mass is 14.5. The molecule has 0 nitrogen and oxygen atoms in total. The van der Waals surface area contributed by atoms with Crippen molar-refractivity contribution in [3.8, 4) is 0 Å². The van der Waals surface area contributed by atoms with Crippen molar-refractivity contribution < 1.29 is 0 Å². The molecule has 18 heavy (non-hydrogen) atoms. The SMILES string of the molecule is C1=CC2CC1C1Cc3c(ccc4ccccc34)C21. The summed E-state index contributed by atoms with van der Waals surface area (Å²) in [4.78, 5) is 0. The van der Waals surface area contributed by atoms with Gasteiger partial charge in [-0.05, 0) is 58.4 Å². The second-order valence-corrected chi connectivity index (χ2v) is 6.20. The van der Waals surface area contributed by atoms with E-state index in [-0.39, 0.29) is 0 Å². The molecule has 0 N–H and O–H groups in total. The molecule has 4 unspecified atom stereocenters. The normalized spacial score (nSPS) is 35.1. The van der Waals surface area contributed by atoms with E-state index < -0.39 is 0 Å². The molecule has 4 atom stereocenters. The highest BCUT2D eigenvalue weighted by Gasteiger charge is 2.49. The summed E-state index contributed by atoms with van der Waals surface area (Å²) in [5, 5.41) is 2.92. The van der Waals surface area contributed by atoms with Gasteiger partial charge in [-0.3, -0.25) is 0 Å². The van der Waals surface area contributed by atoms with Crippen LogP contribution in [0.15, 0.2) is 48.6 Å². The number of rotatable bonds is 0. The van der Waals surface area contributed by atoms with Gasteiger partial charge in [-0.2, -0.15) is 0 Å². The summed E-state index contributed by atoms with van der Waals surface area (Å²) in [6.45, 7) is 0. The summed E-state index contributed by atoms with van der Waals surface area (Å²) in [6, 6.07) is 13.6. The van der Waals surface area contributed by atoms with Gasteiger partial charge in [-0.25, -0.2) is 0 Å².